The van der Waals surface area contributed by atoms with Crippen LogP contribution in [-0.2, 0) is 7.05 Å². The van der Waals surface area contributed by atoms with Gasteiger partial charge in [0, 0.05) is 13.2 Å². The van der Waals surface area contributed by atoms with Crippen molar-refractivity contribution in [2.45, 2.75) is 6.92 Å². The molecule has 0 amide bonds. The van der Waals surface area contributed by atoms with Gasteiger partial charge in [0.15, 0.2) is 0 Å². The van der Waals surface area contributed by atoms with Crippen molar-refractivity contribution in [1.82, 2.24) is 9.78 Å². The van der Waals surface area contributed by atoms with E-state index in [9.17, 15) is 4.79 Å². The monoisotopic (exact) mass is 240 g/mol. The fourth-order valence-electron chi connectivity index (χ4n) is 1.30. The number of hydrogen-bond donors (Lipinski definition) is 0. The molecular formula is C10H9ClN2OS. The first-order valence-corrected chi connectivity index (χ1v) is 5.63. The van der Waals surface area contributed by atoms with Gasteiger partial charge in [-0.25, -0.2) is 0 Å². The summed E-state index contributed by atoms with van der Waals surface area (Å²) in [5.41, 5.74) is 1.49. The van der Waals surface area contributed by atoms with Gasteiger partial charge in [-0.1, -0.05) is 11.6 Å². The van der Waals surface area contributed by atoms with Gasteiger partial charge in [0.1, 0.15) is 5.69 Å². The van der Waals surface area contributed by atoms with E-state index in [1.807, 2.05) is 12.3 Å². The zero-order chi connectivity index (χ0) is 11.0. The molecule has 0 radical (unpaired) electrons. The van der Waals surface area contributed by atoms with Crippen LogP contribution in [0.5, 0.6) is 0 Å². The van der Waals surface area contributed by atoms with E-state index in [4.69, 9.17) is 11.6 Å². The Labute approximate surface area is 96.3 Å². The van der Waals surface area contributed by atoms with Crippen LogP contribution >= 0.6 is 22.9 Å². The van der Waals surface area contributed by atoms with Gasteiger partial charge < -0.3 is 0 Å². The Bertz CT molecular complexity index is 515. The maximum Gasteiger partial charge on any atom is 0.222 e. The number of aryl methyl sites for hydroxylation is 2. The van der Waals surface area contributed by atoms with Gasteiger partial charge in [-0.05, 0) is 23.9 Å². The predicted molar refractivity (Wildman–Crippen MR) is 60.7 cm³/mol. The molecule has 3 nitrogen and oxygen atoms in total. The smallest absolute Gasteiger partial charge is 0.222 e. The fraction of sp³-hybridized carbons (Fsp3) is 0.200. The summed E-state index contributed by atoms with van der Waals surface area (Å²) in [5, 5.41) is 6.39. The molecule has 0 bridgehead atoms. The third-order valence-electron chi connectivity index (χ3n) is 2.16. The van der Waals surface area contributed by atoms with Crippen LogP contribution in [0, 0.1) is 6.92 Å². The third kappa shape index (κ3) is 1.70. The average Bonchev–Trinajstić information content (AvgIpc) is 2.75. The van der Waals surface area contributed by atoms with E-state index in [0.29, 0.717) is 15.6 Å². The van der Waals surface area contributed by atoms with Crippen molar-refractivity contribution in [3.05, 3.63) is 38.8 Å². The molecule has 0 saturated carbocycles. The summed E-state index contributed by atoms with van der Waals surface area (Å²) < 4.78 is 1.55. The minimum atomic E-state index is -0.0712. The number of thiophene rings is 1. The van der Waals surface area contributed by atoms with Crippen molar-refractivity contribution in [2.75, 3.05) is 0 Å². The van der Waals surface area contributed by atoms with Crippen molar-refractivity contribution in [3.63, 3.8) is 0 Å². The molecule has 2 heterocycles. The van der Waals surface area contributed by atoms with Crippen LogP contribution in [0.25, 0.3) is 0 Å². The lowest BCUT2D eigenvalue weighted by Gasteiger charge is -1.99. The second-order valence-corrected chi connectivity index (χ2v) is 4.49. The summed E-state index contributed by atoms with van der Waals surface area (Å²) in [6.45, 7) is 1.89. The van der Waals surface area contributed by atoms with E-state index in [1.165, 1.54) is 11.3 Å². The van der Waals surface area contributed by atoms with Crippen molar-refractivity contribution in [1.29, 1.82) is 0 Å². The number of aromatic nitrogens is 2. The van der Waals surface area contributed by atoms with E-state index in [-0.39, 0.29) is 5.78 Å². The van der Waals surface area contributed by atoms with Crippen LogP contribution in [0.1, 0.15) is 20.9 Å². The van der Waals surface area contributed by atoms with Crippen LogP contribution in [0.4, 0.5) is 0 Å². The Hall–Kier alpha value is -1.13. The van der Waals surface area contributed by atoms with E-state index in [1.54, 1.807) is 24.0 Å². The average molecular weight is 241 g/mol. The molecule has 0 fully saturated rings. The normalized spacial score (nSPS) is 10.6. The number of ketones is 1. The number of rotatable bonds is 2. The number of halogens is 1. The standard InChI is InChI=1S/C10H9ClN2OS/c1-6-5-15-10(8(6)11)9(14)7-3-4-12-13(7)2/h3-5H,1-2H3. The molecule has 78 valence electrons. The molecule has 5 heteroatoms. The van der Waals surface area contributed by atoms with Crippen LogP contribution in [0.2, 0.25) is 5.02 Å². The van der Waals surface area contributed by atoms with Gasteiger partial charge >= 0.3 is 0 Å². The molecule has 0 aromatic carbocycles. The van der Waals surface area contributed by atoms with E-state index < -0.39 is 0 Å². The van der Waals surface area contributed by atoms with E-state index in [2.05, 4.69) is 5.10 Å². The minimum absolute atomic E-state index is 0.0712. The summed E-state index contributed by atoms with van der Waals surface area (Å²) in [6.07, 6.45) is 1.60. The first kappa shape index (κ1) is 10.4. The largest absolute Gasteiger partial charge is 0.286 e. The molecule has 0 saturated heterocycles. The van der Waals surface area contributed by atoms with Crippen molar-refractivity contribution in [3.8, 4) is 0 Å². The van der Waals surface area contributed by atoms with E-state index >= 15 is 0 Å². The molecule has 2 rings (SSSR count). The van der Waals surface area contributed by atoms with Crippen LogP contribution in [-0.4, -0.2) is 15.6 Å². The van der Waals surface area contributed by atoms with Gasteiger partial charge in [-0.2, -0.15) is 5.10 Å². The van der Waals surface area contributed by atoms with Crippen LogP contribution in [0.15, 0.2) is 17.6 Å². The SMILES string of the molecule is Cc1csc(C(=O)c2ccnn2C)c1Cl. The molecule has 0 aliphatic heterocycles. The first-order chi connectivity index (χ1) is 7.11. The third-order valence-corrected chi connectivity index (χ3v) is 3.85. The molecule has 2 aromatic rings. The van der Waals surface area contributed by atoms with Crippen molar-refractivity contribution in [2.24, 2.45) is 7.05 Å². The topological polar surface area (TPSA) is 34.9 Å². The molecule has 0 N–H and O–H groups in total. The number of nitrogens with zero attached hydrogens (tertiary/aromatic N) is 2. The summed E-state index contributed by atoms with van der Waals surface area (Å²) in [6, 6.07) is 1.69. The highest BCUT2D eigenvalue weighted by atomic mass is 35.5. The highest BCUT2D eigenvalue weighted by molar-refractivity contribution is 7.13. The fourth-order valence-corrected chi connectivity index (χ4v) is 2.52. The Morgan fingerprint density at radius 3 is 2.80 bits per heavy atom. The molecule has 2 aromatic heterocycles. The summed E-state index contributed by atoms with van der Waals surface area (Å²) in [7, 11) is 1.74. The molecule has 0 aliphatic carbocycles. The Balaban J connectivity index is 2.46. The Morgan fingerprint density at radius 1 is 1.60 bits per heavy atom. The second-order valence-electron chi connectivity index (χ2n) is 3.23. The number of carbonyl (C=O) groups excluding carboxylic acids is 1. The van der Waals surface area contributed by atoms with Crippen LogP contribution in [0.3, 0.4) is 0 Å². The van der Waals surface area contributed by atoms with Gasteiger partial charge in [-0.3, -0.25) is 9.48 Å². The van der Waals surface area contributed by atoms with Crippen molar-refractivity contribution < 1.29 is 4.79 Å². The molecule has 0 atom stereocenters. The molecular weight excluding hydrogens is 232 g/mol. The Morgan fingerprint density at radius 2 is 2.33 bits per heavy atom. The zero-order valence-electron chi connectivity index (χ0n) is 8.32. The summed E-state index contributed by atoms with van der Waals surface area (Å²) >= 11 is 7.40. The number of carbonyl (C=O) groups is 1. The zero-order valence-corrected chi connectivity index (χ0v) is 9.89. The molecule has 0 unspecified atom stereocenters. The van der Waals surface area contributed by atoms with Crippen LogP contribution < -0.4 is 0 Å². The highest BCUT2D eigenvalue weighted by Gasteiger charge is 2.18. The minimum Gasteiger partial charge on any atom is -0.286 e. The number of hydrogen-bond acceptors (Lipinski definition) is 3. The molecule has 0 spiro atoms. The maximum absolute atomic E-state index is 12.0. The highest BCUT2D eigenvalue weighted by Crippen LogP contribution is 2.29. The first-order valence-electron chi connectivity index (χ1n) is 4.37. The lowest BCUT2D eigenvalue weighted by atomic mass is 10.2. The van der Waals surface area contributed by atoms with Gasteiger partial charge in [0.25, 0.3) is 0 Å². The predicted octanol–water partition coefficient (Wildman–Crippen LogP) is 2.67. The molecule has 15 heavy (non-hydrogen) atoms. The second kappa shape index (κ2) is 3.79. The lowest BCUT2D eigenvalue weighted by Crippen LogP contribution is -2.07. The van der Waals surface area contributed by atoms with Crippen molar-refractivity contribution >= 4 is 28.7 Å². The van der Waals surface area contributed by atoms with Gasteiger partial charge in [0.2, 0.25) is 5.78 Å². The van der Waals surface area contributed by atoms with Gasteiger partial charge in [-0.15, -0.1) is 11.3 Å². The van der Waals surface area contributed by atoms with E-state index in [0.717, 1.165) is 5.56 Å². The summed E-state index contributed by atoms with van der Waals surface area (Å²) in [4.78, 5) is 12.6. The van der Waals surface area contributed by atoms with Gasteiger partial charge in [0.05, 0.1) is 9.90 Å². The lowest BCUT2D eigenvalue weighted by molar-refractivity contribution is 0.103. The Kier molecular flexibility index (Phi) is 2.63. The summed E-state index contributed by atoms with van der Waals surface area (Å²) in [5.74, 6) is -0.0712. The molecule has 0 aliphatic rings. The quantitative estimate of drug-likeness (QED) is 0.757. The maximum atomic E-state index is 12.0.